The van der Waals surface area contributed by atoms with E-state index in [2.05, 4.69) is 21.9 Å². The van der Waals surface area contributed by atoms with Crippen LogP contribution in [0, 0.1) is 18.2 Å². The third-order valence-electron chi connectivity index (χ3n) is 4.18. The smallest absolute Gasteiger partial charge is 0.293 e. The second kappa shape index (κ2) is 10.2. The average molecular weight is 525 g/mol. The quantitative estimate of drug-likeness (QED) is 0.334. The summed E-state index contributed by atoms with van der Waals surface area (Å²) in [6, 6.07) is 7.59. The van der Waals surface area contributed by atoms with Crippen molar-refractivity contribution in [2.24, 2.45) is 0 Å². The van der Waals surface area contributed by atoms with Crippen LogP contribution in [-0.2, 0) is 11.3 Å². The number of halogens is 3. The van der Waals surface area contributed by atoms with Crippen LogP contribution in [0.2, 0.25) is 5.02 Å². The van der Waals surface area contributed by atoms with Gasteiger partial charge < -0.3 is 9.47 Å². The van der Waals surface area contributed by atoms with Crippen molar-refractivity contribution >= 4 is 56.5 Å². The van der Waals surface area contributed by atoms with Crippen LogP contribution < -0.4 is 9.47 Å². The minimum absolute atomic E-state index is 0.0650. The summed E-state index contributed by atoms with van der Waals surface area (Å²) in [6.07, 6.45) is 6.82. The molecule has 1 aliphatic heterocycles. The maximum absolute atomic E-state index is 14.1. The molecule has 5 nitrogen and oxygen atoms in total. The molecule has 1 aliphatic rings. The molecule has 0 aliphatic carbocycles. The Balaban J connectivity index is 1.89. The molecule has 2 aromatic rings. The number of hydrogen-bond acceptors (Lipinski definition) is 5. The Morgan fingerprint density at radius 1 is 1.32 bits per heavy atom. The molecule has 1 heterocycles. The molecule has 0 aromatic heterocycles. The van der Waals surface area contributed by atoms with Gasteiger partial charge in [0, 0.05) is 10.6 Å². The lowest BCUT2D eigenvalue weighted by Crippen LogP contribution is -2.28. The van der Waals surface area contributed by atoms with E-state index in [0.717, 1.165) is 16.7 Å². The molecule has 9 heteroatoms. The fourth-order valence-corrected chi connectivity index (χ4v) is 4.45. The minimum Gasteiger partial charge on any atom is -0.490 e. The van der Waals surface area contributed by atoms with Crippen LogP contribution in [0.25, 0.3) is 6.08 Å². The van der Waals surface area contributed by atoms with E-state index < -0.39 is 17.0 Å². The topological polar surface area (TPSA) is 55.8 Å². The van der Waals surface area contributed by atoms with E-state index in [1.165, 1.54) is 18.2 Å². The predicted octanol–water partition coefficient (Wildman–Crippen LogP) is 5.89. The highest BCUT2D eigenvalue weighted by Crippen LogP contribution is 2.39. The zero-order valence-corrected chi connectivity index (χ0v) is 19.4. The SMILES string of the molecule is C#CCOc1c(Br)cc(/C=C2\SC(=O)N(Cc3c(F)cccc3Cl)C2=O)cc1OCC. The first-order chi connectivity index (χ1) is 14.8. The molecule has 1 saturated heterocycles. The number of amides is 2. The van der Waals surface area contributed by atoms with Crippen molar-refractivity contribution in [1.82, 2.24) is 4.90 Å². The van der Waals surface area contributed by atoms with E-state index in [9.17, 15) is 14.0 Å². The number of carbonyl (C=O) groups is 2. The Morgan fingerprint density at radius 3 is 2.77 bits per heavy atom. The van der Waals surface area contributed by atoms with Crippen molar-refractivity contribution in [3.8, 4) is 23.8 Å². The van der Waals surface area contributed by atoms with Gasteiger partial charge in [-0.25, -0.2) is 4.39 Å². The van der Waals surface area contributed by atoms with Crippen LogP contribution in [0.3, 0.4) is 0 Å². The van der Waals surface area contributed by atoms with Crippen LogP contribution >= 0.6 is 39.3 Å². The first kappa shape index (κ1) is 23.2. The van der Waals surface area contributed by atoms with Gasteiger partial charge in [0.25, 0.3) is 11.1 Å². The number of ether oxygens (including phenoxy) is 2. The predicted molar refractivity (Wildman–Crippen MR) is 123 cm³/mol. The molecule has 3 rings (SSSR count). The van der Waals surface area contributed by atoms with Crippen molar-refractivity contribution in [3.63, 3.8) is 0 Å². The number of rotatable bonds is 7. The molecule has 2 aromatic carbocycles. The van der Waals surface area contributed by atoms with Gasteiger partial charge in [-0.1, -0.05) is 23.6 Å². The molecule has 2 amide bonds. The van der Waals surface area contributed by atoms with E-state index in [-0.39, 0.29) is 28.6 Å². The van der Waals surface area contributed by atoms with Gasteiger partial charge in [0.2, 0.25) is 0 Å². The Bertz CT molecular complexity index is 1100. The molecule has 0 spiro atoms. The van der Waals surface area contributed by atoms with Gasteiger partial charge in [0.1, 0.15) is 12.4 Å². The zero-order valence-electron chi connectivity index (χ0n) is 16.3. The summed E-state index contributed by atoms with van der Waals surface area (Å²) in [7, 11) is 0. The number of carbonyl (C=O) groups excluding carboxylic acids is 2. The Morgan fingerprint density at radius 2 is 2.10 bits per heavy atom. The lowest BCUT2D eigenvalue weighted by molar-refractivity contribution is -0.123. The monoisotopic (exact) mass is 523 g/mol. The maximum atomic E-state index is 14.1. The lowest BCUT2D eigenvalue weighted by Gasteiger charge is -2.14. The summed E-state index contributed by atoms with van der Waals surface area (Å²) in [5, 5.41) is -0.357. The molecule has 0 N–H and O–H groups in total. The summed E-state index contributed by atoms with van der Waals surface area (Å²) in [4.78, 5) is 26.4. The fourth-order valence-electron chi connectivity index (χ4n) is 2.82. The van der Waals surface area contributed by atoms with E-state index >= 15 is 0 Å². The Kier molecular flexibility index (Phi) is 7.65. The molecule has 0 radical (unpaired) electrons. The normalized spacial score (nSPS) is 14.8. The van der Waals surface area contributed by atoms with Crippen molar-refractivity contribution in [1.29, 1.82) is 0 Å². The van der Waals surface area contributed by atoms with Crippen molar-refractivity contribution in [3.05, 3.63) is 61.7 Å². The minimum atomic E-state index is -0.580. The molecule has 0 atom stereocenters. The van der Waals surface area contributed by atoms with Gasteiger partial charge in [-0.3, -0.25) is 14.5 Å². The second-order valence-corrected chi connectivity index (χ2v) is 8.48. The summed E-state index contributed by atoms with van der Waals surface area (Å²) < 4.78 is 25.8. The molecule has 0 saturated carbocycles. The van der Waals surface area contributed by atoms with Crippen LogP contribution in [0.15, 0.2) is 39.7 Å². The molecule has 0 bridgehead atoms. The van der Waals surface area contributed by atoms with Gasteiger partial charge in [-0.2, -0.15) is 0 Å². The van der Waals surface area contributed by atoms with Gasteiger partial charge in [0.15, 0.2) is 11.5 Å². The van der Waals surface area contributed by atoms with E-state index in [1.807, 2.05) is 6.92 Å². The fraction of sp³-hybridized carbons (Fsp3) is 0.182. The highest BCUT2D eigenvalue weighted by atomic mass is 79.9. The largest absolute Gasteiger partial charge is 0.490 e. The zero-order chi connectivity index (χ0) is 22.5. The lowest BCUT2D eigenvalue weighted by atomic mass is 10.1. The van der Waals surface area contributed by atoms with Gasteiger partial charge >= 0.3 is 0 Å². The molecule has 1 fully saturated rings. The van der Waals surface area contributed by atoms with Gasteiger partial charge in [-0.05, 0) is 70.5 Å². The summed E-state index contributed by atoms with van der Waals surface area (Å²) in [5.74, 6) is 2.16. The number of terminal acetylenes is 1. The molecular weight excluding hydrogens is 509 g/mol. The van der Waals surface area contributed by atoms with Crippen LogP contribution in [-0.4, -0.2) is 29.3 Å². The molecule has 31 heavy (non-hydrogen) atoms. The summed E-state index contributed by atoms with van der Waals surface area (Å²) in [5.41, 5.74) is 0.696. The number of hydrogen-bond donors (Lipinski definition) is 0. The number of benzene rings is 2. The second-order valence-electron chi connectivity index (χ2n) is 6.22. The number of imide groups is 1. The third-order valence-corrected chi connectivity index (χ3v) is 6.03. The van der Waals surface area contributed by atoms with Crippen molar-refractivity contribution in [2.45, 2.75) is 13.5 Å². The molecule has 160 valence electrons. The highest BCUT2D eigenvalue weighted by molar-refractivity contribution is 9.10. The highest BCUT2D eigenvalue weighted by Gasteiger charge is 2.36. The van der Waals surface area contributed by atoms with E-state index in [4.69, 9.17) is 27.5 Å². The van der Waals surface area contributed by atoms with E-state index in [1.54, 1.807) is 18.2 Å². The van der Waals surface area contributed by atoms with Crippen LogP contribution in [0.1, 0.15) is 18.1 Å². The van der Waals surface area contributed by atoms with E-state index in [0.29, 0.717) is 28.1 Å². The van der Waals surface area contributed by atoms with Gasteiger partial charge in [0.05, 0.1) is 22.5 Å². The average Bonchev–Trinajstić information content (AvgIpc) is 2.97. The number of thioether (sulfide) groups is 1. The van der Waals surface area contributed by atoms with Gasteiger partial charge in [-0.15, -0.1) is 6.42 Å². The van der Waals surface area contributed by atoms with Crippen LogP contribution in [0.5, 0.6) is 11.5 Å². The summed E-state index contributed by atoms with van der Waals surface area (Å²) in [6.45, 7) is 2.03. The summed E-state index contributed by atoms with van der Waals surface area (Å²) >= 11 is 10.2. The molecular formula is C22H16BrClFNO4S. The standard InChI is InChI=1S/C22H16BrClFNO4S/c1-3-8-30-20-15(23)9-13(10-18(20)29-4-2)11-19-21(27)26(22(28)31-19)12-14-16(24)6-5-7-17(14)25/h1,5-7,9-11H,4,8,12H2,2H3/b19-11-. The number of nitrogens with zero attached hydrogens (tertiary/aromatic N) is 1. The third kappa shape index (κ3) is 5.24. The molecule has 0 unspecified atom stereocenters. The van der Waals surface area contributed by atoms with Crippen molar-refractivity contribution in [2.75, 3.05) is 13.2 Å². The van der Waals surface area contributed by atoms with Crippen LogP contribution in [0.4, 0.5) is 9.18 Å². The Labute approximate surface area is 196 Å². The first-order valence-corrected chi connectivity index (χ1v) is 11.0. The first-order valence-electron chi connectivity index (χ1n) is 9.06. The maximum Gasteiger partial charge on any atom is 0.293 e. The Hall–Kier alpha value is -2.47. The van der Waals surface area contributed by atoms with Crippen molar-refractivity contribution < 1.29 is 23.5 Å².